The van der Waals surface area contributed by atoms with Crippen LogP contribution in [0.2, 0.25) is 0 Å². The lowest BCUT2D eigenvalue weighted by atomic mass is 10.0. The van der Waals surface area contributed by atoms with E-state index in [0.717, 1.165) is 25.9 Å². The first-order chi connectivity index (χ1) is 11.5. The number of piperidine rings is 1. The molecule has 0 spiro atoms. The summed E-state index contributed by atoms with van der Waals surface area (Å²) in [6, 6.07) is 6.65. The highest BCUT2D eigenvalue weighted by Gasteiger charge is 2.23. The number of likely N-dealkylation sites (N-methyl/N-ethyl adjacent to an activating group) is 1. The highest BCUT2D eigenvalue weighted by molar-refractivity contribution is 5.69. The Bertz CT molecular complexity index is 573. The van der Waals surface area contributed by atoms with Crippen LogP contribution in [0.25, 0.3) is 0 Å². The van der Waals surface area contributed by atoms with Crippen LogP contribution >= 0.6 is 0 Å². The second-order valence-corrected chi connectivity index (χ2v) is 5.95. The highest BCUT2D eigenvalue weighted by Crippen LogP contribution is 2.25. The molecule has 1 aromatic rings. The summed E-state index contributed by atoms with van der Waals surface area (Å²) >= 11 is 0. The molecule has 1 aliphatic heterocycles. The molecule has 0 unspecified atom stereocenters. The molecule has 8 heteroatoms. The summed E-state index contributed by atoms with van der Waals surface area (Å²) in [6.07, 6.45) is 1.82. The van der Waals surface area contributed by atoms with Gasteiger partial charge < -0.3 is 9.84 Å². The number of rotatable bonds is 8. The molecule has 0 amide bonds. The molecule has 0 atom stereocenters. The molecule has 2 rings (SSSR count). The Morgan fingerprint density at radius 1 is 1.42 bits per heavy atom. The lowest BCUT2D eigenvalue weighted by molar-refractivity contribution is -0.385. The van der Waals surface area contributed by atoms with E-state index in [2.05, 4.69) is 4.90 Å². The maximum Gasteiger partial charge on any atom is 0.317 e. The number of ether oxygens (including phenoxy) is 1. The van der Waals surface area contributed by atoms with E-state index in [1.807, 2.05) is 11.9 Å². The van der Waals surface area contributed by atoms with Crippen LogP contribution in [0.5, 0.6) is 5.75 Å². The summed E-state index contributed by atoms with van der Waals surface area (Å²) in [5, 5.41) is 19.8. The monoisotopic (exact) mass is 337 g/mol. The largest absolute Gasteiger partial charge is 0.485 e. The van der Waals surface area contributed by atoms with E-state index < -0.39 is 10.9 Å². The van der Waals surface area contributed by atoms with Gasteiger partial charge in [0.25, 0.3) is 0 Å². The molecule has 24 heavy (non-hydrogen) atoms. The minimum Gasteiger partial charge on any atom is -0.485 e. The van der Waals surface area contributed by atoms with Crippen LogP contribution in [-0.2, 0) is 4.79 Å². The second-order valence-electron chi connectivity index (χ2n) is 5.95. The van der Waals surface area contributed by atoms with Gasteiger partial charge in [-0.1, -0.05) is 12.1 Å². The third kappa shape index (κ3) is 5.17. The van der Waals surface area contributed by atoms with E-state index in [4.69, 9.17) is 9.84 Å². The fraction of sp³-hybridized carbons (Fsp3) is 0.562. The number of carboxylic acids is 1. The van der Waals surface area contributed by atoms with E-state index in [1.54, 1.807) is 18.2 Å². The number of nitro groups is 1. The maximum atomic E-state index is 10.9. The van der Waals surface area contributed by atoms with Gasteiger partial charge in [-0.25, -0.2) is 0 Å². The van der Waals surface area contributed by atoms with Gasteiger partial charge in [0.1, 0.15) is 6.61 Å². The van der Waals surface area contributed by atoms with Crippen LogP contribution in [0.4, 0.5) is 5.69 Å². The van der Waals surface area contributed by atoms with Gasteiger partial charge in [-0.2, -0.15) is 0 Å². The van der Waals surface area contributed by atoms with Gasteiger partial charge in [-0.15, -0.1) is 0 Å². The molecule has 1 aromatic carbocycles. The first-order valence-corrected chi connectivity index (χ1v) is 7.98. The molecule has 1 saturated heterocycles. The molecular weight excluding hydrogens is 314 g/mol. The van der Waals surface area contributed by atoms with Crippen LogP contribution in [0.3, 0.4) is 0 Å². The molecule has 0 saturated carbocycles. The van der Waals surface area contributed by atoms with Gasteiger partial charge in [-0.05, 0) is 39.0 Å². The van der Waals surface area contributed by atoms with Gasteiger partial charge in [0, 0.05) is 18.7 Å². The van der Waals surface area contributed by atoms with Crippen LogP contribution in [0.1, 0.15) is 12.8 Å². The number of para-hydroxylation sites is 2. The lowest BCUT2D eigenvalue weighted by Gasteiger charge is -2.36. The van der Waals surface area contributed by atoms with Crippen molar-refractivity contribution in [1.29, 1.82) is 0 Å². The Balaban J connectivity index is 1.74. The van der Waals surface area contributed by atoms with Crippen molar-refractivity contribution >= 4 is 11.7 Å². The Hall–Kier alpha value is -2.19. The molecule has 0 aromatic heterocycles. The molecule has 1 heterocycles. The quantitative estimate of drug-likeness (QED) is 0.566. The van der Waals surface area contributed by atoms with Crippen LogP contribution < -0.4 is 4.74 Å². The first-order valence-electron chi connectivity index (χ1n) is 7.98. The smallest absolute Gasteiger partial charge is 0.317 e. The second kappa shape index (κ2) is 8.60. The Morgan fingerprint density at radius 2 is 2.08 bits per heavy atom. The molecule has 0 radical (unpaired) electrons. The molecule has 8 nitrogen and oxygen atoms in total. The van der Waals surface area contributed by atoms with Crippen molar-refractivity contribution in [1.82, 2.24) is 9.80 Å². The van der Waals surface area contributed by atoms with Crippen LogP contribution in [0.15, 0.2) is 24.3 Å². The Labute approximate surface area is 140 Å². The number of nitro benzene ring substituents is 1. The fourth-order valence-electron chi connectivity index (χ4n) is 2.94. The molecule has 1 aliphatic rings. The molecular formula is C16H23N3O5. The normalized spacial score (nSPS) is 16.2. The summed E-state index contributed by atoms with van der Waals surface area (Å²) in [5.74, 6) is -0.517. The average Bonchev–Trinajstić information content (AvgIpc) is 2.55. The van der Waals surface area contributed by atoms with Crippen molar-refractivity contribution in [2.24, 2.45) is 0 Å². The summed E-state index contributed by atoms with van der Waals surface area (Å²) in [7, 11) is 1.84. The first kappa shape index (κ1) is 18.2. The third-order valence-corrected chi connectivity index (χ3v) is 4.29. The van der Waals surface area contributed by atoms with Gasteiger partial charge in [0.2, 0.25) is 0 Å². The minimum absolute atomic E-state index is 0.0218. The number of hydrogen-bond acceptors (Lipinski definition) is 6. The lowest BCUT2D eigenvalue weighted by Crippen LogP contribution is -2.45. The molecule has 0 aliphatic carbocycles. The SMILES string of the molecule is CN(CC(=O)O)C1CCN(CCOc2ccccc2[N+](=O)[O-])CC1. The van der Waals surface area contributed by atoms with Crippen molar-refractivity contribution in [3.63, 3.8) is 0 Å². The van der Waals surface area contributed by atoms with E-state index in [-0.39, 0.29) is 18.3 Å². The molecule has 132 valence electrons. The molecule has 0 bridgehead atoms. The Kier molecular flexibility index (Phi) is 6.51. The van der Waals surface area contributed by atoms with E-state index in [0.29, 0.717) is 18.9 Å². The van der Waals surface area contributed by atoms with Gasteiger partial charge in [0.05, 0.1) is 11.5 Å². The highest BCUT2D eigenvalue weighted by atomic mass is 16.6. The summed E-state index contributed by atoms with van der Waals surface area (Å²) in [4.78, 5) is 25.4. The number of likely N-dealkylation sites (tertiary alicyclic amines) is 1. The van der Waals surface area contributed by atoms with Crippen molar-refractivity contribution in [3.8, 4) is 5.75 Å². The fourth-order valence-corrected chi connectivity index (χ4v) is 2.94. The topological polar surface area (TPSA) is 96.2 Å². The standard InChI is InChI=1S/C16H23N3O5/c1-17(12-16(20)21)13-6-8-18(9-7-13)10-11-24-15-5-3-2-4-14(15)19(22)23/h2-5,13H,6-12H2,1H3,(H,20,21). The predicted molar refractivity (Wildman–Crippen MR) is 88.3 cm³/mol. The Morgan fingerprint density at radius 3 is 2.71 bits per heavy atom. The molecule has 1 N–H and O–H groups in total. The van der Waals surface area contributed by atoms with Crippen LogP contribution in [-0.4, -0.2) is 71.7 Å². The van der Waals surface area contributed by atoms with Crippen molar-refractivity contribution < 1.29 is 19.6 Å². The summed E-state index contributed by atoms with van der Waals surface area (Å²) in [6.45, 7) is 2.89. The summed E-state index contributed by atoms with van der Waals surface area (Å²) < 4.78 is 5.56. The zero-order chi connectivity index (χ0) is 17.5. The number of benzene rings is 1. The van der Waals surface area contributed by atoms with Gasteiger partial charge in [-0.3, -0.25) is 24.7 Å². The zero-order valence-corrected chi connectivity index (χ0v) is 13.8. The number of aliphatic carboxylic acids is 1. The van der Waals surface area contributed by atoms with E-state index in [9.17, 15) is 14.9 Å². The van der Waals surface area contributed by atoms with Gasteiger partial charge in [0.15, 0.2) is 5.75 Å². The predicted octanol–water partition coefficient (Wildman–Crippen LogP) is 1.45. The van der Waals surface area contributed by atoms with Gasteiger partial charge >= 0.3 is 11.7 Å². The zero-order valence-electron chi connectivity index (χ0n) is 13.8. The summed E-state index contributed by atoms with van der Waals surface area (Å²) in [5.41, 5.74) is -0.0218. The number of carboxylic acid groups (broad SMARTS) is 1. The van der Waals surface area contributed by atoms with Crippen molar-refractivity contribution in [3.05, 3.63) is 34.4 Å². The van der Waals surface area contributed by atoms with E-state index >= 15 is 0 Å². The number of hydrogen-bond donors (Lipinski definition) is 1. The number of nitrogens with zero attached hydrogens (tertiary/aromatic N) is 3. The van der Waals surface area contributed by atoms with Crippen LogP contribution in [0, 0.1) is 10.1 Å². The van der Waals surface area contributed by atoms with Crippen molar-refractivity contribution in [2.45, 2.75) is 18.9 Å². The average molecular weight is 337 g/mol. The van der Waals surface area contributed by atoms with Crippen molar-refractivity contribution in [2.75, 3.05) is 39.8 Å². The number of carbonyl (C=O) groups is 1. The molecule has 1 fully saturated rings. The minimum atomic E-state index is -0.808. The third-order valence-electron chi connectivity index (χ3n) is 4.29. The maximum absolute atomic E-state index is 10.9. The van der Waals surface area contributed by atoms with E-state index in [1.165, 1.54) is 6.07 Å².